The van der Waals surface area contributed by atoms with E-state index in [2.05, 4.69) is 16.0 Å². The van der Waals surface area contributed by atoms with E-state index in [4.69, 9.17) is 0 Å². The lowest BCUT2D eigenvalue weighted by atomic mass is 9.85. The minimum absolute atomic E-state index is 0.111. The van der Waals surface area contributed by atoms with Gasteiger partial charge in [0, 0.05) is 6.08 Å². The van der Waals surface area contributed by atoms with E-state index in [-0.39, 0.29) is 18.2 Å². The SMILES string of the molecule is C/C=C/C=C/C=C/C(=O)N[C@@H](CC(=O)N[C@H](C(=O)C1C(=O)NC(=O)[C@H]1C)C(C)C)c1ccccc1. The van der Waals surface area contributed by atoms with Crippen molar-refractivity contribution in [2.75, 3.05) is 0 Å². The Morgan fingerprint density at radius 1 is 0.971 bits per heavy atom. The average Bonchev–Trinajstić information content (AvgIpc) is 3.07. The van der Waals surface area contributed by atoms with E-state index < -0.39 is 47.4 Å². The van der Waals surface area contributed by atoms with Crippen molar-refractivity contribution in [2.24, 2.45) is 17.8 Å². The second-order valence-corrected chi connectivity index (χ2v) is 8.76. The Hall–Kier alpha value is -3.81. The van der Waals surface area contributed by atoms with Crippen LogP contribution in [0.1, 0.15) is 45.7 Å². The number of rotatable bonds is 11. The van der Waals surface area contributed by atoms with Crippen molar-refractivity contribution >= 4 is 29.4 Å². The summed E-state index contributed by atoms with van der Waals surface area (Å²) < 4.78 is 0. The van der Waals surface area contributed by atoms with Crippen molar-refractivity contribution in [1.29, 1.82) is 0 Å². The van der Waals surface area contributed by atoms with Gasteiger partial charge in [0.1, 0.15) is 5.92 Å². The molecule has 1 fully saturated rings. The highest BCUT2D eigenvalue weighted by Gasteiger charge is 2.46. The first kappa shape index (κ1) is 27.4. The van der Waals surface area contributed by atoms with Crippen LogP contribution in [-0.4, -0.2) is 35.5 Å². The van der Waals surface area contributed by atoms with Crippen LogP contribution < -0.4 is 16.0 Å². The number of imide groups is 1. The molecule has 2 rings (SSSR count). The van der Waals surface area contributed by atoms with Gasteiger partial charge < -0.3 is 10.6 Å². The molecule has 1 aliphatic rings. The number of hydrogen-bond acceptors (Lipinski definition) is 5. The summed E-state index contributed by atoms with van der Waals surface area (Å²) in [4.78, 5) is 62.5. The van der Waals surface area contributed by atoms with E-state index in [0.717, 1.165) is 5.56 Å². The lowest BCUT2D eigenvalue weighted by Gasteiger charge is -2.25. The van der Waals surface area contributed by atoms with Crippen LogP contribution in [0.15, 0.2) is 66.8 Å². The Kier molecular flexibility index (Phi) is 10.3. The van der Waals surface area contributed by atoms with Crippen molar-refractivity contribution in [3.63, 3.8) is 0 Å². The fourth-order valence-corrected chi connectivity index (χ4v) is 3.78. The lowest BCUT2D eigenvalue weighted by Crippen LogP contribution is -2.49. The summed E-state index contributed by atoms with van der Waals surface area (Å²) in [5, 5.41) is 7.72. The Morgan fingerprint density at radius 2 is 1.63 bits per heavy atom. The molecule has 0 radical (unpaired) electrons. The molecule has 4 amide bonds. The highest BCUT2D eigenvalue weighted by atomic mass is 16.2. The van der Waals surface area contributed by atoms with E-state index in [1.807, 2.05) is 25.1 Å². The lowest BCUT2D eigenvalue weighted by molar-refractivity contribution is -0.137. The normalized spacial score (nSPS) is 19.9. The number of Topliss-reactive ketones (excluding diaryl/α,β-unsaturated/α-hetero) is 1. The third-order valence-electron chi connectivity index (χ3n) is 5.72. The summed E-state index contributed by atoms with van der Waals surface area (Å²) in [6.07, 6.45) is 10.0. The second-order valence-electron chi connectivity index (χ2n) is 8.76. The van der Waals surface area contributed by atoms with Gasteiger partial charge in [0.15, 0.2) is 5.78 Å². The largest absolute Gasteiger partial charge is 0.346 e. The molecular weight excluding hydrogens is 446 g/mol. The Bertz CT molecular complexity index is 1030. The van der Waals surface area contributed by atoms with Crippen molar-refractivity contribution < 1.29 is 24.0 Å². The quantitative estimate of drug-likeness (QED) is 0.195. The maximum Gasteiger partial charge on any atom is 0.244 e. The third kappa shape index (κ3) is 7.88. The zero-order valence-corrected chi connectivity index (χ0v) is 20.5. The number of ketones is 1. The monoisotopic (exact) mass is 479 g/mol. The topological polar surface area (TPSA) is 121 Å². The van der Waals surface area contributed by atoms with Crippen LogP contribution in [0, 0.1) is 17.8 Å². The van der Waals surface area contributed by atoms with Crippen LogP contribution >= 0.6 is 0 Å². The van der Waals surface area contributed by atoms with Crippen LogP contribution in [0.4, 0.5) is 0 Å². The minimum atomic E-state index is -1.14. The molecule has 1 aromatic rings. The molecule has 1 aliphatic heterocycles. The smallest absolute Gasteiger partial charge is 0.244 e. The van der Waals surface area contributed by atoms with Gasteiger partial charge in [0.2, 0.25) is 23.6 Å². The first-order valence-electron chi connectivity index (χ1n) is 11.6. The van der Waals surface area contributed by atoms with E-state index in [0.29, 0.717) is 0 Å². The van der Waals surface area contributed by atoms with E-state index in [1.54, 1.807) is 56.3 Å². The first-order chi connectivity index (χ1) is 16.6. The number of hydrogen-bond donors (Lipinski definition) is 3. The Morgan fingerprint density at radius 3 is 2.20 bits per heavy atom. The first-order valence-corrected chi connectivity index (χ1v) is 11.6. The number of carbonyl (C=O) groups is 5. The second kappa shape index (κ2) is 13.2. The molecule has 1 unspecified atom stereocenters. The molecule has 3 N–H and O–H groups in total. The molecule has 1 heterocycles. The highest BCUT2D eigenvalue weighted by Crippen LogP contribution is 2.24. The van der Waals surface area contributed by atoms with Crippen LogP contribution in [0.5, 0.6) is 0 Å². The standard InChI is InChI=1S/C27H33N3O5/c1-5-6-7-8-12-15-21(31)28-20(19-13-10-9-11-14-19)16-22(32)29-24(17(2)3)25(33)23-18(4)26(34)30-27(23)35/h5-15,17-18,20,23-24H,16H2,1-4H3,(H,28,31)(H,29,32)(H,30,34,35)/b6-5+,8-7+,15-12+/t18-,20-,23?,24-/m0/s1. The van der Waals surface area contributed by atoms with Crippen molar-refractivity contribution in [3.05, 3.63) is 72.4 Å². The Labute approximate surface area is 205 Å². The van der Waals surface area contributed by atoms with Crippen LogP contribution in [0.25, 0.3) is 0 Å². The molecular formula is C27H33N3O5. The van der Waals surface area contributed by atoms with Gasteiger partial charge in [-0.3, -0.25) is 29.3 Å². The van der Waals surface area contributed by atoms with E-state index in [9.17, 15) is 24.0 Å². The van der Waals surface area contributed by atoms with E-state index in [1.165, 1.54) is 13.0 Å². The Balaban J connectivity index is 2.14. The van der Waals surface area contributed by atoms with Crippen molar-refractivity contribution in [2.45, 2.75) is 46.2 Å². The van der Waals surface area contributed by atoms with Crippen LogP contribution in [0.3, 0.4) is 0 Å². The molecule has 0 aromatic heterocycles. The number of allylic oxidation sites excluding steroid dienone is 5. The summed E-state index contributed by atoms with van der Waals surface area (Å²) in [6.45, 7) is 6.91. The number of carbonyl (C=O) groups excluding carboxylic acids is 5. The van der Waals surface area contributed by atoms with Gasteiger partial charge in [-0.2, -0.15) is 0 Å². The average molecular weight is 480 g/mol. The third-order valence-corrected chi connectivity index (χ3v) is 5.72. The van der Waals surface area contributed by atoms with Gasteiger partial charge in [-0.25, -0.2) is 0 Å². The predicted octanol–water partition coefficient (Wildman–Crippen LogP) is 2.54. The molecule has 0 bridgehead atoms. The van der Waals surface area contributed by atoms with Gasteiger partial charge in [0.05, 0.1) is 24.4 Å². The molecule has 8 nitrogen and oxygen atoms in total. The van der Waals surface area contributed by atoms with Crippen molar-refractivity contribution in [1.82, 2.24) is 16.0 Å². The molecule has 0 aliphatic carbocycles. The van der Waals surface area contributed by atoms with Gasteiger partial charge in [-0.15, -0.1) is 0 Å². The molecule has 0 spiro atoms. The zero-order valence-electron chi connectivity index (χ0n) is 20.5. The van der Waals surface area contributed by atoms with Gasteiger partial charge >= 0.3 is 0 Å². The summed E-state index contributed by atoms with van der Waals surface area (Å²) in [7, 11) is 0. The summed E-state index contributed by atoms with van der Waals surface area (Å²) in [6, 6.07) is 7.46. The summed E-state index contributed by atoms with van der Waals surface area (Å²) in [5.74, 6) is -4.71. The fourth-order valence-electron chi connectivity index (χ4n) is 3.78. The number of benzene rings is 1. The van der Waals surface area contributed by atoms with Crippen molar-refractivity contribution in [3.8, 4) is 0 Å². The predicted molar refractivity (Wildman–Crippen MR) is 133 cm³/mol. The summed E-state index contributed by atoms with van der Waals surface area (Å²) >= 11 is 0. The minimum Gasteiger partial charge on any atom is -0.346 e. The molecule has 1 saturated heterocycles. The van der Waals surface area contributed by atoms with E-state index >= 15 is 0 Å². The zero-order chi connectivity index (χ0) is 26.0. The summed E-state index contributed by atoms with van der Waals surface area (Å²) in [5.41, 5.74) is 0.732. The maximum absolute atomic E-state index is 13.1. The fraction of sp³-hybridized carbons (Fsp3) is 0.370. The maximum atomic E-state index is 13.1. The molecule has 35 heavy (non-hydrogen) atoms. The van der Waals surface area contributed by atoms with Gasteiger partial charge in [0.25, 0.3) is 0 Å². The molecule has 186 valence electrons. The molecule has 0 saturated carbocycles. The van der Waals surface area contributed by atoms with Gasteiger partial charge in [-0.1, -0.05) is 81.5 Å². The molecule has 8 heteroatoms. The van der Waals surface area contributed by atoms with Crippen LogP contribution in [0.2, 0.25) is 0 Å². The number of nitrogens with one attached hydrogen (secondary N) is 3. The number of amides is 4. The highest BCUT2D eigenvalue weighted by molar-refractivity contribution is 6.16. The molecule has 4 atom stereocenters. The van der Waals surface area contributed by atoms with Crippen LogP contribution in [-0.2, 0) is 24.0 Å². The van der Waals surface area contributed by atoms with Gasteiger partial charge in [-0.05, 0) is 18.4 Å². The molecule has 1 aromatic carbocycles.